The van der Waals surface area contributed by atoms with Gasteiger partial charge >= 0.3 is 27.1 Å². The number of rotatable bonds is 14. The second kappa shape index (κ2) is 12.4. The molecule has 0 spiro atoms. The molecule has 1 aromatic carbocycles. The Kier molecular flexibility index (Phi) is 11.3. The summed E-state index contributed by atoms with van der Waals surface area (Å²) < 4.78 is 23.0. The smallest absolute Gasteiger partial charge is 0.504 e. The Balaban J connectivity index is 2.85. The summed E-state index contributed by atoms with van der Waals surface area (Å²) in [4.78, 5) is 48.6. The van der Waals surface area contributed by atoms with E-state index in [2.05, 4.69) is 25.7 Å². The maximum Gasteiger partial charge on any atom is 0.740 e. The second-order valence-electron chi connectivity index (χ2n) is 6.28. The van der Waals surface area contributed by atoms with Gasteiger partial charge in [-0.3, -0.25) is 0 Å². The van der Waals surface area contributed by atoms with Crippen molar-refractivity contribution in [1.29, 1.82) is 0 Å². The van der Waals surface area contributed by atoms with Crippen molar-refractivity contribution in [3.63, 3.8) is 0 Å². The summed E-state index contributed by atoms with van der Waals surface area (Å²) >= 11 is 1.74. The van der Waals surface area contributed by atoms with Gasteiger partial charge in [-0.15, -0.1) is 0 Å². The number of phenols is 1. The third-order valence-corrected chi connectivity index (χ3v) is 11.1. The van der Waals surface area contributed by atoms with Crippen LogP contribution in [0.15, 0.2) is 30.4 Å². The van der Waals surface area contributed by atoms with Gasteiger partial charge in [-0.05, 0) is 37.5 Å². The lowest BCUT2D eigenvalue weighted by Gasteiger charge is -2.28. The van der Waals surface area contributed by atoms with E-state index in [0.717, 1.165) is 32.6 Å². The van der Waals surface area contributed by atoms with E-state index in [1.807, 2.05) is 13.0 Å². The van der Waals surface area contributed by atoms with Gasteiger partial charge in [0.1, 0.15) is 0 Å². The zero-order chi connectivity index (χ0) is 23.7. The second-order valence-corrected chi connectivity index (χ2v) is 13.5. The van der Waals surface area contributed by atoms with Crippen LogP contribution >= 0.6 is 11.8 Å². The third-order valence-electron chi connectivity index (χ3n) is 3.89. The van der Waals surface area contributed by atoms with E-state index in [1.165, 1.54) is 12.1 Å². The Bertz CT molecular complexity index is 722. The third kappa shape index (κ3) is 10.1. The first-order valence-electron chi connectivity index (χ1n) is 9.25. The van der Waals surface area contributed by atoms with Crippen LogP contribution in [-0.2, 0) is 22.8 Å². The monoisotopic (exact) mass is 514 g/mol. The van der Waals surface area contributed by atoms with Crippen molar-refractivity contribution in [3.8, 4) is 11.5 Å². The Morgan fingerprint density at radius 1 is 1.03 bits per heavy atom. The molecule has 6 N–H and O–H groups in total. The van der Waals surface area contributed by atoms with Crippen molar-refractivity contribution in [2.45, 2.75) is 37.7 Å². The average molecular weight is 515 g/mol. The fraction of sp³-hybridized carbons (Fsp3) is 0.500. The van der Waals surface area contributed by atoms with E-state index < -0.39 is 27.1 Å². The molecule has 0 radical (unpaired) electrons. The standard InChI is InChI=1S/C16H30O11SSi3/c1-5-7-8-14(6-2)28-12-13-9-10-16(15(17)11-13)25-31(22,24-4)27-30(20,21)26-29(18,19)23-3/h5,7,9-11,14,17-22H,6,8,12H2,1-4H3/b7-5+. The molecule has 0 bridgehead atoms. The van der Waals surface area contributed by atoms with E-state index in [4.69, 9.17) is 8.85 Å². The Hall–Kier alpha value is -0.799. The molecule has 0 amide bonds. The molecule has 178 valence electrons. The average Bonchev–Trinajstić information content (AvgIpc) is 2.69. The Morgan fingerprint density at radius 3 is 2.23 bits per heavy atom. The summed E-state index contributed by atoms with van der Waals surface area (Å²) in [6.07, 6.45) is 6.05. The van der Waals surface area contributed by atoms with Gasteiger partial charge in [0.2, 0.25) is 0 Å². The lowest BCUT2D eigenvalue weighted by molar-refractivity contribution is -0.00210. The minimum absolute atomic E-state index is 0.237. The largest absolute Gasteiger partial charge is 0.740 e. The number of benzene rings is 1. The van der Waals surface area contributed by atoms with Crippen LogP contribution in [0.3, 0.4) is 0 Å². The zero-order valence-electron chi connectivity index (χ0n) is 17.7. The topological polar surface area (TPSA) is 168 Å². The van der Waals surface area contributed by atoms with Gasteiger partial charge in [0.15, 0.2) is 11.5 Å². The molecule has 0 aliphatic rings. The molecule has 0 aromatic heterocycles. The van der Waals surface area contributed by atoms with Crippen LogP contribution in [0.4, 0.5) is 0 Å². The highest BCUT2D eigenvalue weighted by atomic mass is 32.2. The maximum atomic E-state index is 10.4. The molecule has 2 atom stereocenters. The predicted octanol–water partition coefficient (Wildman–Crippen LogP) is 0.343. The van der Waals surface area contributed by atoms with E-state index in [0.29, 0.717) is 11.0 Å². The van der Waals surface area contributed by atoms with E-state index in [-0.39, 0.29) is 11.5 Å². The van der Waals surface area contributed by atoms with Gasteiger partial charge in [0.25, 0.3) is 0 Å². The highest BCUT2D eigenvalue weighted by molar-refractivity contribution is 7.99. The zero-order valence-corrected chi connectivity index (χ0v) is 21.5. The van der Waals surface area contributed by atoms with Crippen molar-refractivity contribution in [2.24, 2.45) is 0 Å². The van der Waals surface area contributed by atoms with Gasteiger partial charge < -0.3 is 50.6 Å². The minimum Gasteiger partial charge on any atom is -0.504 e. The number of thioether (sulfide) groups is 1. The van der Waals surface area contributed by atoms with Gasteiger partial charge in [0, 0.05) is 25.2 Å². The fourth-order valence-corrected chi connectivity index (χ4v) is 7.97. The van der Waals surface area contributed by atoms with E-state index in [9.17, 15) is 29.1 Å². The van der Waals surface area contributed by atoms with Gasteiger partial charge in [0.05, 0.1) is 0 Å². The highest BCUT2D eigenvalue weighted by Crippen LogP contribution is 2.32. The summed E-state index contributed by atoms with van der Waals surface area (Å²) in [6.45, 7) is 4.08. The molecule has 0 heterocycles. The van der Waals surface area contributed by atoms with Crippen LogP contribution in [0.1, 0.15) is 32.3 Å². The predicted molar refractivity (Wildman–Crippen MR) is 118 cm³/mol. The first-order valence-corrected chi connectivity index (χ1v) is 15.4. The number of aromatic hydroxyl groups is 1. The molecule has 0 saturated carbocycles. The van der Waals surface area contributed by atoms with Crippen LogP contribution in [0.5, 0.6) is 11.5 Å². The Labute approximate surface area is 188 Å². The molecule has 2 unspecified atom stereocenters. The van der Waals surface area contributed by atoms with Crippen molar-refractivity contribution >= 4 is 38.9 Å². The van der Waals surface area contributed by atoms with Crippen molar-refractivity contribution < 1.29 is 50.6 Å². The highest BCUT2D eigenvalue weighted by Gasteiger charge is 2.60. The van der Waals surface area contributed by atoms with Gasteiger partial charge in [-0.2, -0.15) is 11.8 Å². The molecule has 0 fully saturated rings. The van der Waals surface area contributed by atoms with E-state index in [1.54, 1.807) is 17.8 Å². The molecule has 31 heavy (non-hydrogen) atoms. The van der Waals surface area contributed by atoms with Crippen molar-refractivity contribution in [2.75, 3.05) is 14.2 Å². The first-order chi connectivity index (χ1) is 14.4. The number of hydrogen-bond donors (Lipinski definition) is 6. The number of allylic oxidation sites excluding steroid dienone is 2. The molecule has 15 heteroatoms. The molecule has 1 aromatic rings. The first kappa shape index (κ1) is 28.2. The van der Waals surface area contributed by atoms with Gasteiger partial charge in [-0.25, -0.2) is 0 Å². The SMILES string of the molecule is C/C=C/CC(CC)SCc1ccc(O[Si](O)(OC)O[Si](O)(O)O[Si](O)(O)OC)c(O)c1. The maximum absolute atomic E-state index is 10.4. The van der Waals surface area contributed by atoms with E-state index >= 15 is 0 Å². The summed E-state index contributed by atoms with van der Waals surface area (Å²) in [5, 5.41) is 10.7. The van der Waals surface area contributed by atoms with Crippen LogP contribution in [0.25, 0.3) is 0 Å². The lowest BCUT2D eigenvalue weighted by Crippen LogP contribution is -2.63. The molecule has 1 rings (SSSR count). The van der Waals surface area contributed by atoms with Crippen LogP contribution in [0, 0.1) is 0 Å². The summed E-state index contributed by atoms with van der Waals surface area (Å²) in [6, 6.07) is 4.47. The number of phenolic OH excluding ortho intramolecular Hbond substituents is 1. The van der Waals surface area contributed by atoms with Gasteiger partial charge in [-0.1, -0.05) is 25.1 Å². The molecule has 0 aliphatic heterocycles. The molecule has 11 nitrogen and oxygen atoms in total. The molecular formula is C16H30O11SSi3. The summed E-state index contributed by atoms with van der Waals surface area (Å²) in [5.74, 6) is 0.0687. The molecule has 0 saturated heterocycles. The number of hydrogen-bond acceptors (Lipinski definition) is 12. The molecule has 0 aliphatic carbocycles. The molecular weight excluding hydrogens is 484 g/mol. The minimum atomic E-state index is -5.33. The van der Waals surface area contributed by atoms with Crippen LogP contribution in [0.2, 0.25) is 0 Å². The Morgan fingerprint density at radius 2 is 1.71 bits per heavy atom. The normalized spacial score (nSPS) is 15.8. The quantitative estimate of drug-likeness (QED) is 0.149. The van der Waals surface area contributed by atoms with Crippen molar-refractivity contribution in [1.82, 2.24) is 0 Å². The summed E-state index contributed by atoms with van der Waals surface area (Å²) in [7, 11) is -13.2. The lowest BCUT2D eigenvalue weighted by atomic mass is 10.2. The van der Waals surface area contributed by atoms with Crippen LogP contribution < -0.4 is 4.43 Å². The van der Waals surface area contributed by atoms with Crippen molar-refractivity contribution in [3.05, 3.63) is 35.9 Å². The van der Waals surface area contributed by atoms with Crippen LogP contribution in [-0.4, -0.2) is 75.7 Å². The fourth-order valence-electron chi connectivity index (χ4n) is 2.24. The summed E-state index contributed by atoms with van der Waals surface area (Å²) in [5.41, 5.74) is 0.810.